The third kappa shape index (κ3) is 4.57. The lowest BCUT2D eigenvalue weighted by molar-refractivity contribution is -0.129. The van der Waals surface area contributed by atoms with Crippen LogP contribution in [0.1, 0.15) is 12.5 Å². The third-order valence-electron chi connectivity index (χ3n) is 3.98. The van der Waals surface area contributed by atoms with Crippen LogP contribution in [-0.4, -0.2) is 32.2 Å². The van der Waals surface area contributed by atoms with E-state index in [-0.39, 0.29) is 21.9 Å². The van der Waals surface area contributed by atoms with E-state index in [2.05, 4.69) is 21.2 Å². The summed E-state index contributed by atoms with van der Waals surface area (Å²) in [6.07, 6.45) is 1.56. The highest BCUT2D eigenvalue weighted by Crippen LogP contribution is 2.36. The van der Waals surface area contributed by atoms with E-state index >= 15 is 0 Å². The Morgan fingerprint density at radius 2 is 2.00 bits per heavy atom. The van der Waals surface area contributed by atoms with Crippen molar-refractivity contribution in [1.82, 2.24) is 4.90 Å². The van der Waals surface area contributed by atoms with Crippen molar-refractivity contribution in [1.29, 1.82) is 0 Å². The molecule has 9 heteroatoms. The minimum absolute atomic E-state index is 0.0435. The molecule has 0 aromatic heterocycles. The number of thioether (sulfide) groups is 1. The molecule has 0 spiro atoms. The predicted octanol–water partition coefficient (Wildman–Crippen LogP) is 5.04. The van der Waals surface area contributed by atoms with E-state index in [4.69, 9.17) is 23.8 Å². The van der Waals surface area contributed by atoms with Crippen molar-refractivity contribution in [3.8, 4) is 5.75 Å². The van der Waals surface area contributed by atoms with Crippen LogP contribution in [0.25, 0.3) is 6.08 Å². The maximum atomic E-state index is 12.8. The summed E-state index contributed by atoms with van der Waals surface area (Å²) in [5.74, 6) is -0.708. The summed E-state index contributed by atoms with van der Waals surface area (Å²) in [7, 11) is 0. The lowest BCUT2D eigenvalue weighted by Crippen LogP contribution is -2.44. The van der Waals surface area contributed by atoms with Crippen LogP contribution in [0.5, 0.6) is 5.75 Å². The average Bonchev–Trinajstić information content (AvgIpc) is 2.93. The number of carbonyl (C=O) groups is 2. The predicted molar refractivity (Wildman–Crippen MR) is 120 cm³/mol. The van der Waals surface area contributed by atoms with E-state index in [1.54, 1.807) is 49.4 Å². The van der Waals surface area contributed by atoms with Gasteiger partial charge in [-0.05, 0) is 55.5 Å². The Bertz CT molecular complexity index is 995. The summed E-state index contributed by atoms with van der Waals surface area (Å²) in [6.45, 7) is 1.61. The first-order valence-electron chi connectivity index (χ1n) is 8.08. The number of halogens is 2. The topological polar surface area (TPSA) is 69.6 Å². The van der Waals surface area contributed by atoms with Crippen molar-refractivity contribution >= 4 is 79.4 Å². The number of phenols is 1. The van der Waals surface area contributed by atoms with Crippen LogP contribution in [0.15, 0.2) is 51.8 Å². The summed E-state index contributed by atoms with van der Waals surface area (Å²) >= 11 is 15.6. The first-order chi connectivity index (χ1) is 13.3. The van der Waals surface area contributed by atoms with Crippen LogP contribution >= 0.6 is 51.5 Å². The molecular formula is C19H14BrClN2O3S2. The molecule has 2 aromatic carbocycles. The molecule has 0 radical (unpaired) electrons. The van der Waals surface area contributed by atoms with Crippen molar-refractivity contribution in [2.45, 2.75) is 13.0 Å². The summed E-state index contributed by atoms with van der Waals surface area (Å²) in [5, 5.41) is 13.3. The zero-order valence-electron chi connectivity index (χ0n) is 14.5. The first-order valence-corrected chi connectivity index (χ1v) is 10.5. The lowest BCUT2D eigenvalue weighted by atomic mass is 10.2. The van der Waals surface area contributed by atoms with Gasteiger partial charge in [-0.3, -0.25) is 14.5 Å². The van der Waals surface area contributed by atoms with Crippen molar-refractivity contribution in [2.75, 3.05) is 5.32 Å². The number of carbonyl (C=O) groups excluding carboxylic acids is 2. The molecule has 1 unspecified atom stereocenters. The highest BCUT2D eigenvalue weighted by molar-refractivity contribution is 9.10. The molecule has 1 heterocycles. The number of aromatic hydroxyl groups is 1. The maximum Gasteiger partial charge on any atom is 0.266 e. The number of rotatable bonds is 4. The summed E-state index contributed by atoms with van der Waals surface area (Å²) in [6, 6.07) is 10.8. The molecule has 0 aliphatic carbocycles. The highest BCUT2D eigenvalue weighted by Gasteiger charge is 2.38. The lowest BCUT2D eigenvalue weighted by Gasteiger charge is -2.22. The average molecular weight is 498 g/mol. The molecule has 1 fully saturated rings. The number of hydrogen-bond acceptors (Lipinski definition) is 5. The van der Waals surface area contributed by atoms with E-state index in [1.807, 2.05) is 0 Å². The molecule has 144 valence electrons. The van der Waals surface area contributed by atoms with Gasteiger partial charge in [0.25, 0.3) is 5.91 Å². The molecular weight excluding hydrogens is 484 g/mol. The number of thiocarbonyl (C=S) groups is 1. The Labute approximate surface area is 184 Å². The van der Waals surface area contributed by atoms with Gasteiger partial charge >= 0.3 is 0 Å². The number of nitrogens with zero attached hydrogens (tertiary/aromatic N) is 1. The molecule has 1 atom stereocenters. The zero-order valence-corrected chi connectivity index (χ0v) is 18.5. The maximum absolute atomic E-state index is 12.8. The minimum Gasteiger partial charge on any atom is -0.507 e. The van der Waals surface area contributed by atoms with Crippen molar-refractivity contribution in [3.05, 3.63) is 62.4 Å². The fraction of sp³-hybridized carbons (Fsp3) is 0.105. The Kier molecular flexibility index (Phi) is 6.44. The molecule has 0 saturated carbocycles. The van der Waals surface area contributed by atoms with Crippen molar-refractivity contribution < 1.29 is 14.7 Å². The summed E-state index contributed by atoms with van der Waals surface area (Å²) < 4.78 is 1.05. The van der Waals surface area contributed by atoms with Crippen LogP contribution in [0.2, 0.25) is 5.02 Å². The second-order valence-corrected chi connectivity index (χ2v) is 8.95. The Hall–Kier alpha value is -1.87. The molecule has 1 aliphatic heterocycles. The molecule has 1 aliphatic rings. The smallest absolute Gasteiger partial charge is 0.266 e. The molecule has 1 saturated heterocycles. The number of nitrogens with one attached hydrogen (secondary N) is 1. The molecule has 0 bridgehead atoms. The number of amides is 2. The quantitative estimate of drug-likeness (QED) is 0.458. The van der Waals surface area contributed by atoms with Crippen LogP contribution in [0.3, 0.4) is 0 Å². The van der Waals surface area contributed by atoms with Gasteiger partial charge in [0.2, 0.25) is 5.91 Å². The second-order valence-electron chi connectivity index (χ2n) is 5.93. The summed E-state index contributed by atoms with van der Waals surface area (Å²) in [4.78, 5) is 27.0. The molecule has 2 aromatic rings. The van der Waals surface area contributed by atoms with E-state index in [1.165, 1.54) is 11.0 Å². The van der Waals surface area contributed by atoms with Gasteiger partial charge in [0.05, 0.1) is 4.91 Å². The molecule has 3 rings (SSSR count). The van der Waals surface area contributed by atoms with Crippen molar-refractivity contribution in [2.24, 2.45) is 0 Å². The Morgan fingerprint density at radius 3 is 2.68 bits per heavy atom. The normalized spacial score (nSPS) is 16.5. The van der Waals surface area contributed by atoms with Crippen LogP contribution in [0, 0.1) is 0 Å². The standard InChI is InChI=1S/C19H14BrClN2O3S2/c1-10(17(25)22-14-5-3-13(21)4-6-14)23-18(26)16(28-19(23)27)9-11-8-12(20)2-7-15(11)24/h2-10,24H,1H3,(H,22,25)/b16-9-. The van der Waals surface area contributed by atoms with Gasteiger partial charge in [-0.2, -0.15) is 0 Å². The van der Waals surface area contributed by atoms with E-state index in [0.29, 0.717) is 21.2 Å². The second kappa shape index (κ2) is 8.65. The number of anilines is 1. The third-order valence-corrected chi connectivity index (χ3v) is 6.05. The van der Waals surface area contributed by atoms with Gasteiger partial charge in [-0.15, -0.1) is 0 Å². The van der Waals surface area contributed by atoms with Gasteiger partial charge in [-0.25, -0.2) is 0 Å². The van der Waals surface area contributed by atoms with Gasteiger partial charge in [0, 0.05) is 20.7 Å². The van der Waals surface area contributed by atoms with Gasteiger partial charge < -0.3 is 10.4 Å². The molecule has 2 amide bonds. The SMILES string of the molecule is CC(C(=O)Nc1ccc(Cl)cc1)N1C(=O)/C(=C/c2cc(Br)ccc2O)SC1=S. The molecule has 28 heavy (non-hydrogen) atoms. The first kappa shape index (κ1) is 20.9. The monoisotopic (exact) mass is 496 g/mol. The van der Waals surface area contributed by atoms with Gasteiger partial charge in [0.1, 0.15) is 16.1 Å². The number of phenolic OH excluding ortho intramolecular Hbond substituents is 1. The fourth-order valence-corrected chi connectivity index (χ4v) is 4.41. The fourth-order valence-electron chi connectivity index (χ4n) is 2.49. The van der Waals surface area contributed by atoms with E-state index in [9.17, 15) is 14.7 Å². The number of benzene rings is 2. The highest BCUT2D eigenvalue weighted by atomic mass is 79.9. The Morgan fingerprint density at radius 1 is 1.32 bits per heavy atom. The van der Waals surface area contributed by atoms with Crippen LogP contribution < -0.4 is 5.32 Å². The summed E-state index contributed by atoms with van der Waals surface area (Å²) in [5.41, 5.74) is 1.05. The minimum atomic E-state index is -0.801. The van der Waals surface area contributed by atoms with E-state index < -0.39 is 6.04 Å². The molecule has 5 nitrogen and oxygen atoms in total. The van der Waals surface area contributed by atoms with Gasteiger partial charge in [-0.1, -0.05) is 51.5 Å². The van der Waals surface area contributed by atoms with Crippen LogP contribution in [-0.2, 0) is 9.59 Å². The number of hydrogen-bond donors (Lipinski definition) is 2. The van der Waals surface area contributed by atoms with Gasteiger partial charge in [0.15, 0.2) is 0 Å². The Balaban J connectivity index is 1.78. The zero-order chi connectivity index (χ0) is 20.4. The largest absolute Gasteiger partial charge is 0.507 e. The van der Waals surface area contributed by atoms with Crippen molar-refractivity contribution in [3.63, 3.8) is 0 Å². The molecule has 2 N–H and O–H groups in total. The van der Waals surface area contributed by atoms with E-state index in [0.717, 1.165) is 16.2 Å². The van der Waals surface area contributed by atoms with Crippen LogP contribution in [0.4, 0.5) is 5.69 Å².